The summed E-state index contributed by atoms with van der Waals surface area (Å²) in [6, 6.07) is 15.3. The number of rotatable bonds is 8. The van der Waals surface area contributed by atoms with Crippen LogP contribution in [-0.2, 0) is 11.3 Å². The number of ether oxygens (including phenoxy) is 3. The number of tetrazole rings is 1. The number of aromatic amines is 1. The van der Waals surface area contributed by atoms with Crippen LogP contribution in [0.25, 0.3) is 10.9 Å². The first kappa shape index (κ1) is 25.3. The van der Waals surface area contributed by atoms with Crippen LogP contribution in [0.4, 0.5) is 5.69 Å². The van der Waals surface area contributed by atoms with Crippen LogP contribution < -0.4 is 19.9 Å². The van der Waals surface area contributed by atoms with E-state index < -0.39 is 6.04 Å². The molecule has 4 aromatic rings. The van der Waals surface area contributed by atoms with Crippen molar-refractivity contribution in [2.45, 2.75) is 31.5 Å². The minimum absolute atomic E-state index is 0.0685. The summed E-state index contributed by atoms with van der Waals surface area (Å²) in [6.45, 7) is 4.39. The average Bonchev–Trinajstić information content (AvgIpc) is 3.66. The maximum Gasteiger partial charge on any atom is 0.253 e. The molecule has 2 saturated heterocycles. The number of pyridine rings is 1. The zero-order valence-corrected chi connectivity index (χ0v) is 22.2. The molecular formula is C28H33N7O4. The molecule has 0 spiro atoms. The zero-order chi connectivity index (χ0) is 26.8. The normalized spacial score (nSPS) is 18.9. The highest BCUT2D eigenvalue weighted by molar-refractivity contribution is 5.80. The third-order valence-electron chi connectivity index (χ3n) is 7.70. The fourth-order valence-electron chi connectivity index (χ4n) is 5.58. The van der Waals surface area contributed by atoms with Crippen LogP contribution in [0.3, 0.4) is 0 Å². The van der Waals surface area contributed by atoms with Crippen molar-refractivity contribution in [2.24, 2.45) is 0 Å². The van der Waals surface area contributed by atoms with Gasteiger partial charge in [-0.15, -0.1) is 5.10 Å². The topological polar surface area (TPSA) is 111 Å². The number of aromatic nitrogens is 5. The molecule has 1 N–H and O–H groups in total. The number of nitrogens with one attached hydrogen (secondary N) is 1. The Labute approximate surface area is 226 Å². The molecule has 11 heteroatoms. The van der Waals surface area contributed by atoms with Gasteiger partial charge in [-0.05, 0) is 71.8 Å². The van der Waals surface area contributed by atoms with Gasteiger partial charge in [0.15, 0.2) is 5.82 Å². The second kappa shape index (κ2) is 11.0. The fourth-order valence-corrected chi connectivity index (χ4v) is 5.58. The minimum Gasteiger partial charge on any atom is -0.497 e. The molecule has 4 heterocycles. The number of anilines is 1. The largest absolute Gasteiger partial charge is 0.497 e. The lowest BCUT2D eigenvalue weighted by Crippen LogP contribution is -2.49. The molecule has 6 rings (SSSR count). The summed E-state index contributed by atoms with van der Waals surface area (Å²) in [5, 5.41) is 13.7. The SMILES string of the molecule is COc1ccc(N2CCN([C@H](c3cc4cc(OC)ccc4[nH]c3=O)c3nnnn3C[C@@H]3CCCO3)CC2)cc1. The molecular weight excluding hydrogens is 498 g/mol. The standard InChI is InChI=1S/C28H33N7O4/c1-37-21-7-5-20(6-8-21)33-11-13-34(14-12-33)26(27-30-31-32-35(27)18-23-4-3-15-39-23)24-17-19-16-22(38-2)9-10-25(19)29-28(24)36/h5-10,16-17,23,26H,3-4,11-15,18H2,1-2H3,(H,29,36)/t23-,26+/m0/s1. The number of fused-ring (bicyclic) bond motifs is 1. The summed E-state index contributed by atoms with van der Waals surface area (Å²) in [6.07, 6.45) is 2.07. The van der Waals surface area contributed by atoms with Gasteiger partial charge in [-0.1, -0.05) is 0 Å². The lowest BCUT2D eigenvalue weighted by atomic mass is 10.0. The van der Waals surface area contributed by atoms with E-state index in [9.17, 15) is 4.79 Å². The molecule has 2 aliphatic heterocycles. The van der Waals surface area contributed by atoms with Crippen molar-refractivity contribution >= 4 is 16.6 Å². The Morgan fingerprint density at radius 2 is 1.79 bits per heavy atom. The fraction of sp³-hybridized carbons (Fsp3) is 0.429. The first-order chi connectivity index (χ1) is 19.1. The summed E-state index contributed by atoms with van der Waals surface area (Å²) in [5.74, 6) is 2.22. The molecule has 11 nitrogen and oxygen atoms in total. The highest BCUT2D eigenvalue weighted by atomic mass is 16.5. The van der Waals surface area contributed by atoms with Gasteiger partial charge in [0.2, 0.25) is 0 Å². The molecule has 0 aliphatic carbocycles. The monoisotopic (exact) mass is 531 g/mol. The summed E-state index contributed by atoms with van der Waals surface area (Å²) in [7, 11) is 3.31. The Morgan fingerprint density at radius 1 is 1.03 bits per heavy atom. The van der Waals surface area contributed by atoms with Crippen LogP contribution in [0.15, 0.2) is 53.3 Å². The van der Waals surface area contributed by atoms with Gasteiger partial charge < -0.3 is 24.1 Å². The van der Waals surface area contributed by atoms with Crippen molar-refractivity contribution in [3.63, 3.8) is 0 Å². The lowest BCUT2D eigenvalue weighted by Gasteiger charge is -2.39. The maximum absolute atomic E-state index is 13.5. The first-order valence-electron chi connectivity index (χ1n) is 13.3. The average molecular weight is 532 g/mol. The summed E-state index contributed by atoms with van der Waals surface area (Å²) >= 11 is 0. The second-order valence-corrected chi connectivity index (χ2v) is 9.98. The quantitative estimate of drug-likeness (QED) is 0.367. The third-order valence-corrected chi connectivity index (χ3v) is 7.70. The Morgan fingerprint density at radius 3 is 2.51 bits per heavy atom. The van der Waals surface area contributed by atoms with Crippen LogP contribution in [0.1, 0.15) is 30.3 Å². The number of H-pyrrole nitrogens is 1. The summed E-state index contributed by atoms with van der Waals surface area (Å²) < 4.78 is 18.4. The minimum atomic E-state index is -0.418. The highest BCUT2D eigenvalue weighted by Gasteiger charge is 2.33. The molecule has 2 atom stereocenters. The predicted molar refractivity (Wildman–Crippen MR) is 147 cm³/mol. The van der Waals surface area contributed by atoms with Gasteiger partial charge in [-0.25, -0.2) is 4.68 Å². The van der Waals surface area contributed by atoms with Gasteiger partial charge in [-0.3, -0.25) is 9.69 Å². The highest BCUT2D eigenvalue weighted by Crippen LogP contribution is 2.30. The number of hydrogen-bond donors (Lipinski definition) is 1. The second-order valence-electron chi connectivity index (χ2n) is 9.98. The smallest absolute Gasteiger partial charge is 0.253 e. The van der Waals surface area contributed by atoms with Crippen molar-refractivity contribution in [3.05, 3.63) is 70.3 Å². The Hall–Kier alpha value is -3.96. The first-order valence-corrected chi connectivity index (χ1v) is 13.3. The molecule has 0 amide bonds. The molecule has 0 radical (unpaired) electrons. The number of nitrogens with zero attached hydrogens (tertiary/aromatic N) is 6. The van der Waals surface area contributed by atoms with E-state index in [0.717, 1.165) is 73.7 Å². The Bertz CT molecular complexity index is 1470. The van der Waals surface area contributed by atoms with Crippen molar-refractivity contribution < 1.29 is 14.2 Å². The van der Waals surface area contributed by atoms with Gasteiger partial charge in [0.25, 0.3) is 5.56 Å². The Balaban J connectivity index is 1.35. The van der Waals surface area contributed by atoms with Crippen LogP contribution in [0, 0.1) is 0 Å². The number of hydrogen-bond acceptors (Lipinski definition) is 9. The zero-order valence-electron chi connectivity index (χ0n) is 22.2. The van der Waals surface area contributed by atoms with E-state index in [-0.39, 0.29) is 11.7 Å². The van der Waals surface area contributed by atoms with Crippen molar-refractivity contribution in [1.29, 1.82) is 0 Å². The molecule has 0 unspecified atom stereocenters. The molecule has 0 bridgehead atoms. The van der Waals surface area contributed by atoms with Crippen LogP contribution >= 0.6 is 0 Å². The van der Waals surface area contributed by atoms with Crippen LogP contribution in [0.2, 0.25) is 0 Å². The molecule has 0 saturated carbocycles. The van der Waals surface area contributed by atoms with E-state index in [1.54, 1.807) is 14.2 Å². The summed E-state index contributed by atoms with van der Waals surface area (Å²) in [5.41, 5.74) is 2.36. The molecule has 2 aromatic heterocycles. The predicted octanol–water partition coefficient (Wildman–Crippen LogP) is 2.62. The van der Waals surface area contributed by atoms with E-state index in [1.165, 1.54) is 0 Å². The van der Waals surface area contributed by atoms with E-state index in [0.29, 0.717) is 17.9 Å². The number of methoxy groups -OCH3 is 2. The van der Waals surface area contributed by atoms with Crippen LogP contribution in [-0.4, -0.2) is 83.2 Å². The van der Waals surface area contributed by atoms with Crippen molar-refractivity contribution in [3.8, 4) is 11.5 Å². The van der Waals surface area contributed by atoms with Gasteiger partial charge >= 0.3 is 0 Å². The van der Waals surface area contributed by atoms with E-state index >= 15 is 0 Å². The summed E-state index contributed by atoms with van der Waals surface area (Å²) in [4.78, 5) is 21.2. The third kappa shape index (κ3) is 5.19. The Kier molecular flexibility index (Phi) is 7.16. The van der Waals surface area contributed by atoms with E-state index in [1.807, 2.05) is 41.1 Å². The molecule has 2 aliphatic rings. The molecule has 2 fully saturated rings. The van der Waals surface area contributed by atoms with Crippen molar-refractivity contribution in [2.75, 3.05) is 51.9 Å². The van der Waals surface area contributed by atoms with Gasteiger partial charge in [-0.2, -0.15) is 0 Å². The number of benzene rings is 2. The van der Waals surface area contributed by atoms with E-state index in [2.05, 4.69) is 42.4 Å². The number of piperazine rings is 1. The molecule has 204 valence electrons. The van der Waals surface area contributed by atoms with Gasteiger partial charge in [0, 0.05) is 54.9 Å². The lowest BCUT2D eigenvalue weighted by molar-refractivity contribution is 0.0906. The van der Waals surface area contributed by atoms with E-state index in [4.69, 9.17) is 14.2 Å². The molecule has 2 aromatic carbocycles. The van der Waals surface area contributed by atoms with Gasteiger partial charge in [0.05, 0.1) is 26.9 Å². The van der Waals surface area contributed by atoms with Crippen LogP contribution in [0.5, 0.6) is 11.5 Å². The van der Waals surface area contributed by atoms with Crippen molar-refractivity contribution in [1.82, 2.24) is 30.1 Å². The molecule has 39 heavy (non-hydrogen) atoms. The maximum atomic E-state index is 13.5. The van der Waals surface area contributed by atoms with Gasteiger partial charge in [0.1, 0.15) is 17.5 Å².